The molecule has 6 heteroatoms. The highest BCUT2D eigenvalue weighted by Gasteiger charge is 2.29. The van der Waals surface area contributed by atoms with Crippen LogP contribution in [0.15, 0.2) is 48.5 Å². The maximum Gasteiger partial charge on any atom is 0.251 e. The maximum absolute atomic E-state index is 11.9. The highest BCUT2D eigenvalue weighted by atomic mass is 16.2. The van der Waals surface area contributed by atoms with E-state index in [9.17, 15) is 9.59 Å². The van der Waals surface area contributed by atoms with Crippen LogP contribution >= 0.6 is 0 Å². The zero-order chi connectivity index (χ0) is 19.0. The molecule has 1 atom stereocenters. The number of likely N-dealkylation sites (tertiary alicyclic amines) is 1. The van der Waals surface area contributed by atoms with E-state index in [0.29, 0.717) is 18.5 Å². The average Bonchev–Trinajstić information content (AvgIpc) is 3.23. The largest absolute Gasteiger partial charge is 0.355 e. The van der Waals surface area contributed by atoms with Crippen LogP contribution in [0.25, 0.3) is 22.4 Å². The van der Waals surface area contributed by atoms with Crippen molar-refractivity contribution in [3.63, 3.8) is 0 Å². The third-order valence-electron chi connectivity index (χ3n) is 5.31. The van der Waals surface area contributed by atoms with Crippen LogP contribution < -0.4 is 5.32 Å². The first kappa shape index (κ1) is 17.3. The van der Waals surface area contributed by atoms with E-state index in [-0.39, 0.29) is 17.9 Å². The SMILES string of the molecule is CNC(=O)c1ccc(-c2nc3ccccc3n2CC2CCC(=O)N2C)cc1. The Morgan fingerprint density at radius 2 is 1.93 bits per heavy atom. The molecule has 1 aromatic heterocycles. The Labute approximate surface area is 157 Å². The summed E-state index contributed by atoms with van der Waals surface area (Å²) in [7, 11) is 3.49. The number of para-hydroxylation sites is 2. The van der Waals surface area contributed by atoms with Crippen molar-refractivity contribution in [2.75, 3.05) is 14.1 Å². The smallest absolute Gasteiger partial charge is 0.251 e. The van der Waals surface area contributed by atoms with E-state index in [1.54, 1.807) is 7.05 Å². The minimum atomic E-state index is -0.110. The lowest BCUT2D eigenvalue weighted by Gasteiger charge is -2.22. The Bertz CT molecular complexity index is 1010. The van der Waals surface area contributed by atoms with E-state index in [2.05, 4.69) is 16.0 Å². The number of nitrogens with one attached hydrogen (secondary N) is 1. The van der Waals surface area contributed by atoms with Gasteiger partial charge in [-0.3, -0.25) is 9.59 Å². The van der Waals surface area contributed by atoms with Gasteiger partial charge in [0.05, 0.1) is 11.0 Å². The molecular formula is C21H22N4O2. The van der Waals surface area contributed by atoms with Crippen LogP contribution in [0.5, 0.6) is 0 Å². The molecular weight excluding hydrogens is 340 g/mol. The normalized spacial score (nSPS) is 16.9. The van der Waals surface area contributed by atoms with Gasteiger partial charge in [0.15, 0.2) is 0 Å². The first-order valence-corrected chi connectivity index (χ1v) is 9.12. The lowest BCUT2D eigenvalue weighted by Crippen LogP contribution is -2.32. The van der Waals surface area contributed by atoms with Gasteiger partial charge in [-0.05, 0) is 30.7 Å². The second-order valence-corrected chi connectivity index (χ2v) is 6.89. The van der Waals surface area contributed by atoms with Crippen molar-refractivity contribution < 1.29 is 9.59 Å². The Balaban J connectivity index is 1.76. The third kappa shape index (κ3) is 3.07. The van der Waals surface area contributed by atoms with Gasteiger partial charge in [-0.1, -0.05) is 24.3 Å². The molecule has 3 aromatic rings. The number of carbonyl (C=O) groups is 2. The number of carbonyl (C=O) groups excluding carboxylic acids is 2. The van der Waals surface area contributed by atoms with Crippen molar-refractivity contribution >= 4 is 22.8 Å². The fraction of sp³-hybridized carbons (Fsp3) is 0.286. The molecule has 1 aliphatic heterocycles. The third-order valence-corrected chi connectivity index (χ3v) is 5.31. The summed E-state index contributed by atoms with van der Waals surface area (Å²) < 4.78 is 2.18. The number of rotatable bonds is 4. The number of imidazole rings is 1. The van der Waals surface area contributed by atoms with Crippen molar-refractivity contribution in [2.45, 2.75) is 25.4 Å². The van der Waals surface area contributed by atoms with Crippen molar-refractivity contribution in [2.24, 2.45) is 0 Å². The van der Waals surface area contributed by atoms with E-state index in [4.69, 9.17) is 4.98 Å². The zero-order valence-corrected chi connectivity index (χ0v) is 15.5. The molecule has 0 spiro atoms. The second kappa shape index (κ2) is 6.87. The van der Waals surface area contributed by atoms with Crippen LogP contribution in [-0.4, -0.2) is 46.4 Å². The first-order valence-electron chi connectivity index (χ1n) is 9.12. The summed E-state index contributed by atoms with van der Waals surface area (Å²) in [5.41, 5.74) is 3.54. The summed E-state index contributed by atoms with van der Waals surface area (Å²) in [6.45, 7) is 0.704. The molecule has 0 bridgehead atoms. The molecule has 0 radical (unpaired) electrons. The average molecular weight is 362 g/mol. The summed E-state index contributed by atoms with van der Waals surface area (Å²) >= 11 is 0. The minimum Gasteiger partial charge on any atom is -0.355 e. The molecule has 6 nitrogen and oxygen atoms in total. The molecule has 2 heterocycles. The van der Waals surface area contributed by atoms with Gasteiger partial charge in [-0.25, -0.2) is 4.98 Å². The van der Waals surface area contributed by atoms with Gasteiger partial charge >= 0.3 is 0 Å². The number of fused-ring (bicyclic) bond motifs is 1. The van der Waals surface area contributed by atoms with Crippen LogP contribution in [-0.2, 0) is 11.3 Å². The number of aromatic nitrogens is 2. The van der Waals surface area contributed by atoms with Gasteiger partial charge in [0, 0.05) is 44.2 Å². The summed E-state index contributed by atoms with van der Waals surface area (Å²) in [5, 5.41) is 2.63. The Hall–Kier alpha value is -3.15. The van der Waals surface area contributed by atoms with Crippen LogP contribution in [0.1, 0.15) is 23.2 Å². The molecule has 1 saturated heterocycles. The molecule has 1 N–H and O–H groups in total. The lowest BCUT2D eigenvalue weighted by molar-refractivity contribution is -0.127. The fourth-order valence-corrected chi connectivity index (χ4v) is 3.68. The van der Waals surface area contributed by atoms with Gasteiger partial charge in [0.1, 0.15) is 5.82 Å². The molecule has 0 aliphatic carbocycles. The number of amides is 2. The predicted molar refractivity (Wildman–Crippen MR) is 104 cm³/mol. The van der Waals surface area contributed by atoms with Crippen LogP contribution in [0.2, 0.25) is 0 Å². The monoisotopic (exact) mass is 362 g/mol. The second-order valence-electron chi connectivity index (χ2n) is 6.89. The van der Waals surface area contributed by atoms with Gasteiger partial charge in [0.25, 0.3) is 5.91 Å². The maximum atomic E-state index is 11.9. The predicted octanol–water partition coefficient (Wildman–Crippen LogP) is 2.68. The summed E-state index contributed by atoms with van der Waals surface area (Å²) in [5.74, 6) is 0.939. The molecule has 2 aromatic carbocycles. The first-order chi connectivity index (χ1) is 13.1. The lowest BCUT2D eigenvalue weighted by atomic mass is 10.1. The zero-order valence-electron chi connectivity index (χ0n) is 15.5. The van der Waals surface area contributed by atoms with E-state index >= 15 is 0 Å². The number of benzene rings is 2. The molecule has 4 rings (SSSR count). The number of hydrogen-bond donors (Lipinski definition) is 1. The minimum absolute atomic E-state index is 0.110. The quantitative estimate of drug-likeness (QED) is 0.776. The number of hydrogen-bond acceptors (Lipinski definition) is 3. The van der Waals surface area contributed by atoms with E-state index in [1.807, 2.05) is 54.4 Å². The highest BCUT2D eigenvalue weighted by Crippen LogP contribution is 2.28. The van der Waals surface area contributed by atoms with Crippen LogP contribution in [0.4, 0.5) is 0 Å². The molecule has 138 valence electrons. The van der Waals surface area contributed by atoms with Gasteiger partial charge < -0.3 is 14.8 Å². The van der Waals surface area contributed by atoms with Gasteiger partial charge in [0.2, 0.25) is 5.91 Å². The van der Waals surface area contributed by atoms with E-state index in [1.165, 1.54) is 0 Å². The number of nitrogens with zero attached hydrogens (tertiary/aromatic N) is 3. The van der Waals surface area contributed by atoms with Crippen LogP contribution in [0.3, 0.4) is 0 Å². The van der Waals surface area contributed by atoms with Crippen molar-refractivity contribution in [3.8, 4) is 11.4 Å². The van der Waals surface area contributed by atoms with Crippen molar-refractivity contribution in [3.05, 3.63) is 54.1 Å². The molecule has 1 aliphatic rings. The molecule has 0 saturated carbocycles. The van der Waals surface area contributed by atoms with Crippen molar-refractivity contribution in [1.29, 1.82) is 0 Å². The summed E-state index contributed by atoms with van der Waals surface area (Å²) in [4.78, 5) is 30.4. The van der Waals surface area contributed by atoms with Crippen LogP contribution in [0, 0.1) is 0 Å². The molecule has 1 fully saturated rings. The summed E-state index contributed by atoms with van der Waals surface area (Å²) in [6.07, 6.45) is 1.46. The topological polar surface area (TPSA) is 67.2 Å². The van der Waals surface area contributed by atoms with Crippen molar-refractivity contribution in [1.82, 2.24) is 19.8 Å². The standard InChI is InChI=1S/C21H22N4O2/c1-22-21(27)15-9-7-14(8-10-15)20-23-17-5-3-4-6-18(17)25(20)13-16-11-12-19(26)24(16)2/h3-10,16H,11-13H2,1-2H3,(H,22,27). The number of likely N-dealkylation sites (N-methyl/N-ethyl adjacent to an activating group) is 1. The molecule has 27 heavy (non-hydrogen) atoms. The van der Waals surface area contributed by atoms with E-state index in [0.717, 1.165) is 28.8 Å². The molecule has 2 amide bonds. The Kier molecular flexibility index (Phi) is 4.39. The summed E-state index contributed by atoms with van der Waals surface area (Å²) in [6, 6.07) is 15.7. The Morgan fingerprint density at radius 3 is 2.59 bits per heavy atom. The fourth-order valence-electron chi connectivity index (χ4n) is 3.68. The van der Waals surface area contributed by atoms with Gasteiger partial charge in [-0.15, -0.1) is 0 Å². The molecule has 1 unspecified atom stereocenters. The highest BCUT2D eigenvalue weighted by molar-refractivity contribution is 5.94. The van der Waals surface area contributed by atoms with Gasteiger partial charge in [-0.2, -0.15) is 0 Å². The van der Waals surface area contributed by atoms with E-state index < -0.39 is 0 Å². The Morgan fingerprint density at radius 1 is 1.19 bits per heavy atom.